The quantitative estimate of drug-likeness (QED) is 0.351. The second kappa shape index (κ2) is 9.90. The van der Waals surface area contributed by atoms with Gasteiger partial charge >= 0.3 is 0 Å². The SMILES string of the molecule is CCOc1cc(-c2ccc(N3CCC(CN(C)C)(NC(=O)CC4CC4)CC3)nc2)c2c3cn[nH]c3nn2c1. The summed E-state index contributed by atoms with van der Waals surface area (Å²) in [5.74, 6) is 2.51. The van der Waals surface area contributed by atoms with Gasteiger partial charge in [-0.05, 0) is 70.8 Å². The molecular formula is C28H36N8O2. The van der Waals surface area contributed by atoms with Crippen molar-refractivity contribution >= 4 is 28.3 Å². The van der Waals surface area contributed by atoms with Crippen molar-refractivity contribution in [3.8, 4) is 16.9 Å². The highest BCUT2D eigenvalue weighted by Gasteiger charge is 2.38. The number of piperidine rings is 1. The van der Waals surface area contributed by atoms with Gasteiger partial charge in [0.15, 0.2) is 5.65 Å². The fourth-order valence-corrected chi connectivity index (χ4v) is 5.76. The summed E-state index contributed by atoms with van der Waals surface area (Å²) >= 11 is 0. The number of hydrogen-bond donors (Lipinski definition) is 2. The van der Waals surface area contributed by atoms with Crippen molar-refractivity contribution in [2.45, 2.75) is 44.6 Å². The van der Waals surface area contributed by atoms with E-state index in [0.29, 0.717) is 18.9 Å². The van der Waals surface area contributed by atoms with Crippen LogP contribution in [-0.2, 0) is 4.79 Å². The number of aromatic amines is 1. The molecule has 0 aromatic carbocycles. The van der Waals surface area contributed by atoms with E-state index in [1.54, 1.807) is 6.20 Å². The highest BCUT2D eigenvalue weighted by Crippen LogP contribution is 2.35. The Morgan fingerprint density at radius 2 is 2.05 bits per heavy atom. The van der Waals surface area contributed by atoms with E-state index < -0.39 is 0 Å². The van der Waals surface area contributed by atoms with E-state index in [4.69, 9.17) is 9.72 Å². The number of carbonyl (C=O) groups excluding carboxylic acids is 1. The lowest BCUT2D eigenvalue weighted by atomic mass is 9.86. The number of ether oxygens (including phenoxy) is 1. The van der Waals surface area contributed by atoms with Crippen LogP contribution in [0.1, 0.15) is 39.0 Å². The Balaban J connectivity index is 1.22. The zero-order chi connectivity index (χ0) is 26.3. The average Bonchev–Trinajstić information content (AvgIpc) is 3.46. The molecule has 2 fully saturated rings. The van der Waals surface area contributed by atoms with E-state index in [1.165, 1.54) is 12.8 Å². The van der Waals surface area contributed by atoms with Crippen LogP contribution in [-0.4, -0.2) is 81.5 Å². The first-order valence-electron chi connectivity index (χ1n) is 13.6. The number of carbonyl (C=O) groups is 1. The van der Waals surface area contributed by atoms with Crippen LogP contribution in [0.3, 0.4) is 0 Å². The summed E-state index contributed by atoms with van der Waals surface area (Å²) in [5, 5.41) is 16.1. The second-order valence-electron chi connectivity index (χ2n) is 11.1. The summed E-state index contributed by atoms with van der Waals surface area (Å²) < 4.78 is 7.67. The molecule has 1 amide bonds. The number of likely N-dealkylation sites (N-methyl/N-ethyl adjacent to an activating group) is 1. The third kappa shape index (κ3) is 4.92. The molecule has 200 valence electrons. The Kier molecular flexibility index (Phi) is 6.43. The first-order chi connectivity index (χ1) is 18.4. The largest absolute Gasteiger partial charge is 0.492 e. The van der Waals surface area contributed by atoms with Crippen molar-refractivity contribution in [1.29, 1.82) is 0 Å². The van der Waals surface area contributed by atoms with Gasteiger partial charge in [0.2, 0.25) is 5.91 Å². The van der Waals surface area contributed by atoms with Crippen molar-refractivity contribution in [2.75, 3.05) is 45.2 Å². The number of amides is 1. The molecule has 4 aromatic rings. The van der Waals surface area contributed by atoms with E-state index in [0.717, 1.165) is 71.7 Å². The Bertz CT molecular complexity index is 1430. The van der Waals surface area contributed by atoms with Gasteiger partial charge in [-0.2, -0.15) is 5.10 Å². The van der Waals surface area contributed by atoms with Gasteiger partial charge in [-0.1, -0.05) is 0 Å². The highest BCUT2D eigenvalue weighted by molar-refractivity contribution is 6.00. The maximum absolute atomic E-state index is 12.7. The molecule has 38 heavy (non-hydrogen) atoms. The van der Waals surface area contributed by atoms with Crippen molar-refractivity contribution in [3.63, 3.8) is 0 Å². The molecule has 4 aromatic heterocycles. The standard InChI is InChI=1S/C28H36N8O2/c1-4-38-21-14-22(26-23-16-30-32-27(23)33-36(26)17-21)20-7-8-24(29-15-20)35-11-9-28(10-12-35,18-34(2)3)31-25(37)13-19-5-6-19/h7-8,14-17,19H,4-6,9-13,18H2,1-3H3,(H,31,37)(H,32,33). The van der Waals surface area contributed by atoms with Crippen molar-refractivity contribution in [1.82, 2.24) is 35.0 Å². The summed E-state index contributed by atoms with van der Waals surface area (Å²) in [6.07, 6.45) is 10.5. The Morgan fingerprint density at radius 1 is 1.24 bits per heavy atom. The number of nitrogens with one attached hydrogen (secondary N) is 2. The molecule has 1 aliphatic carbocycles. The summed E-state index contributed by atoms with van der Waals surface area (Å²) in [6.45, 7) is 5.11. The van der Waals surface area contributed by atoms with Crippen LogP contribution in [0, 0.1) is 5.92 Å². The minimum absolute atomic E-state index is 0.185. The molecule has 10 nitrogen and oxygen atoms in total. The smallest absolute Gasteiger partial charge is 0.220 e. The van der Waals surface area contributed by atoms with Crippen LogP contribution in [0.2, 0.25) is 0 Å². The van der Waals surface area contributed by atoms with Crippen molar-refractivity contribution < 1.29 is 9.53 Å². The molecule has 0 atom stereocenters. The predicted molar refractivity (Wildman–Crippen MR) is 147 cm³/mol. The third-order valence-electron chi connectivity index (χ3n) is 7.71. The van der Waals surface area contributed by atoms with E-state index in [2.05, 4.69) is 56.6 Å². The summed E-state index contributed by atoms with van der Waals surface area (Å²) in [7, 11) is 4.16. The summed E-state index contributed by atoms with van der Waals surface area (Å²) in [5.41, 5.74) is 3.52. The minimum Gasteiger partial charge on any atom is -0.492 e. The number of fused-ring (bicyclic) bond motifs is 3. The normalized spacial score (nSPS) is 17.4. The van der Waals surface area contributed by atoms with Gasteiger partial charge in [-0.3, -0.25) is 9.89 Å². The second-order valence-corrected chi connectivity index (χ2v) is 11.1. The number of rotatable bonds is 9. The Labute approximate surface area is 222 Å². The van der Waals surface area contributed by atoms with Crippen LogP contribution in [0.25, 0.3) is 27.7 Å². The molecule has 1 saturated carbocycles. The number of aromatic nitrogens is 5. The predicted octanol–water partition coefficient (Wildman–Crippen LogP) is 3.49. The lowest BCUT2D eigenvalue weighted by Gasteiger charge is -2.44. The molecule has 0 unspecified atom stereocenters. The molecule has 10 heteroatoms. The fraction of sp³-hybridized carbons (Fsp3) is 0.500. The fourth-order valence-electron chi connectivity index (χ4n) is 5.76. The topological polar surface area (TPSA) is 104 Å². The molecule has 0 spiro atoms. The third-order valence-corrected chi connectivity index (χ3v) is 7.71. The van der Waals surface area contributed by atoms with Crippen molar-refractivity contribution in [3.05, 3.63) is 36.8 Å². The average molecular weight is 517 g/mol. The number of hydrogen-bond acceptors (Lipinski definition) is 7. The minimum atomic E-state index is -0.185. The van der Waals surface area contributed by atoms with E-state index in [-0.39, 0.29) is 11.4 Å². The Morgan fingerprint density at radius 3 is 2.74 bits per heavy atom. The van der Waals surface area contributed by atoms with Crippen LogP contribution >= 0.6 is 0 Å². The maximum Gasteiger partial charge on any atom is 0.220 e. The first-order valence-corrected chi connectivity index (χ1v) is 13.6. The lowest BCUT2D eigenvalue weighted by molar-refractivity contribution is -0.123. The van der Waals surface area contributed by atoms with Gasteiger partial charge in [0.25, 0.3) is 0 Å². The molecule has 0 radical (unpaired) electrons. The van der Waals surface area contributed by atoms with Gasteiger partial charge in [-0.15, -0.1) is 5.10 Å². The molecular weight excluding hydrogens is 480 g/mol. The first kappa shape index (κ1) is 24.7. The molecule has 5 heterocycles. The number of anilines is 1. The van der Waals surface area contributed by atoms with Gasteiger partial charge in [-0.25, -0.2) is 9.50 Å². The molecule has 0 bridgehead atoms. The zero-order valence-corrected chi connectivity index (χ0v) is 22.4. The van der Waals surface area contributed by atoms with E-state index in [1.807, 2.05) is 29.9 Å². The van der Waals surface area contributed by atoms with Crippen molar-refractivity contribution in [2.24, 2.45) is 5.92 Å². The molecule has 1 aliphatic heterocycles. The number of nitrogens with zero attached hydrogens (tertiary/aromatic N) is 6. The highest BCUT2D eigenvalue weighted by atomic mass is 16.5. The molecule has 6 rings (SSSR count). The van der Waals surface area contributed by atoms with Gasteiger partial charge in [0.1, 0.15) is 11.6 Å². The van der Waals surface area contributed by atoms with Crippen LogP contribution in [0.5, 0.6) is 5.75 Å². The van der Waals surface area contributed by atoms with Gasteiger partial charge < -0.3 is 19.9 Å². The Hall–Kier alpha value is -3.66. The van der Waals surface area contributed by atoms with Gasteiger partial charge in [0.05, 0.1) is 35.4 Å². The van der Waals surface area contributed by atoms with Crippen LogP contribution in [0.15, 0.2) is 36.8 Å². The van der Waals surface area contributed by atoms with Crippen LogP contribution < -0.4 is 15.0 Å². The van der Waals surface area contributed by atoms with E-state index >= 15 is 0 Å². The van der Waals surface area contributed by atoms with E-state index in [9.17, 15) is 4.79 Å². The van der Waals surface area contributed by atoms with Crippen LogP contribution in [0.4, 0.5) is 5.82 Å². The molecule has 2 N–H and O–H groups in total. The monoisotopic (exact) mass is 516 g/mol. The molecule has 2 aliphatic rings. The summed E-state index contributed by atoms with van der Waals surface area (Å²) in [6, 6.07) is 6.25. The zero-order valence-electron chi connectivity index (χ0n) is 22.4. The molecule has 1 saturated heterocycles. The lowest BCUT2D eigenvalue weighted by Crippen LogP contribution is -2.60. The number of H-pyrrole nitrogens is 1. The maximum atomic E-state index is 12.7. The van der Waals surface area contributed by atoms with Gasteiger partial charge in [0, 0.05) is 43.4 Å². The number of pyridine rings is 2. The summed E-state index contributed by atoms with van der Waals surface area (Å²) in [4.78, 5) is 22.1.